The topological polar surface area (TPSA) is 77.0 Å². The zero-order valence-electron chi connectivity index (χ0n) is 19.9. The van der Waals surface area contributed by atoms with Crippen molar-refractivity contribution in [3.63, 3.8) is 0 Å². The minimum atomic E-state index is -3.53. The molecular formula is C26H29N3O4S2. The number of rotatable bonds is 7. The van der Waals surface area contributed by atoms with Crippen molar-refractivity contribution in [3.8, 4) is 11.5 Å². The molecule has 9 heteroatoms. The van der Waals surface area contributed by atoms with Crippen molar-refractivity contribution in [1.29, 1.82) is 0 Å². The fourth-order valence-corrected chi connectivity index (χ4v) is 6.81. The molecule has 7 nitrogen and oxygen atoms in total. The highest BCUT2D eigenvalue weighted by atomic mass is 32.2. The third-order valence-corrected chi connectivity index (χ3v) is 9.15. The van der Waals surface area contributed by atoms with Gasteiger partial charge in [-0.05, 0) is 49.2 Å². The summed E-state index contributed by atoms with van der Waals surface area (Å²) in [7, 11) is -3.53. The van der Waals surface area contributed by atoms with Crippen LogP contribution in [0.25, 0.3) is 22.4 Å². The standard InChI is InChI=1S/C26H29N3O4S2/c1-3-21(4-2)29-23(25-17-19-7-5-6-8-24(19)33-25)18-34-26(29)27-20-9-11-22(12-10-20)35(30,31)28-13-15-32-16-14-28/h5-12,17-18,21H,3-4,13-16H2,1-2H3. The molecule has 5 rings (SSSR count). The summed E-state index contributed by atoms with van der Waals surface area (Å²) in [6, 6.07) is 17.2. The Morgan fingerprint density at radius 1 is 1.03 bits per heavy atom. The average Bonchev–Trinajstić information content (AvgIpc) is 3.50. The first-order chi connectivity index (χ1) is 17.0. The van der Waals surface area contributed by atoms with E-state index in [1.165, 1.54) is 4.31 Å². The fourth-order valence-electron chi connectivity index (χ4n) is 4.44. The van der Waals surface area contributed by atoms with Crippen molar-refractivity contribution in [2.45, 2.75) is 37.6 Å². The predicted molar refractivity (Wildman–Crippen MR) is 138 cm³/mol. The minimum absolute atomic E-state index is 0.268. The molecule has 1 saturated heterocycles. The Hall–Kier alpha value is -2.72. The smallest absolute Gasteiger partial charge is 0.243 e. The molecule has 35 heavy (non-hydrogen) atoms. The van der Waals surface area contributed by atoms with Crippen LogP contribution in [0.4, 0.5) is 5.69 Å². The molecule has 184 valence electrons. The van der Waals surface area contributed by atoms with Crippen LogP contribution in [0.3, 0.4) is 0 Å². The lowest BCUT2D eigenvalue weighted by molar-refractivity contribution is 0.0730. The normalized spacial score (nSPS) is 15.9. The third-order valence-electron chi connectivity index (χ3n) is 6.40. The van der Waals surface area contributed by atoms with Gasteiger partial charge in [0.2, 0.25) is 10.0 Å². The summed E-state index contributed by atoms with van der Waals surface area (Å²) in [5, 5.41) is 3.16. The van der Waals surface area contributed by atoms with E-state index in [2.05, 4.69) is 29.9 Å². The number of sulfonamides is 1. The van der Waals surface area contributed by atoms with Crippen LogP contribution in [0, 0.1) is 0 Å². The molecule has 0 amide bonds. The van der Waals surface area contributed by atoms with Crippen LogP contribution >= 0.6 is 11.3 Å². The number of ether oxygens (including phenoxy) is 1. The maximum atomic E-state index is 12.9. The molecule has 0 N–H and O–H groups in total. The molecule has 3 heterocycles. The maximum Gasteiger partial charge on any atom is 0.243 e. The van der Waals surface area contributed by atoms with Gasteiger partial charge in [-0.1, -0.05) is 32.0 Å². The third kappa shape index (κ3) is 4.73. The van der Waals surface area contributed by atoms with E-state index in [1.54, 1.807) is 35.6 Å². The summed E-state index contributed by atoms with van der Waals surface area (Å²) in [6.07, 6.45) is 1.93. The van der Waals surface area contributed by atoms with Crippen molar-refractivity contribution in [2.24, 2.45) is 4.99 Å². The Bertz CT molecular complexity index is 1440. The molecule has 4 aromatic rings. The van der Waals surface area contributed by atoms with Gasteiger partial charge in [0.15, 0.2) is 10.6 Å². The van der Waals surface area contributed by atoms with E-state index in [9.17, 15) is 8.42 Å². The van der Waals surface area contributed by atoms with Gasteiger partial charge in [0, 0.05) is 29.9 Å². The van der Waals surface area contributed by atoms with E-state index in [-0.39, 0.29) is 10.9 Å². The second-order valence-corrected chi connectivity index (χ2v) is 11.3. The van der Waals surface area contributed by atoms with Gasteiger partial charge in [0.1, 0.15) is 5.58 Å². The lowest BCUT2D eigenvalue weighted by atomic mass is 10.1. The molecule has 0 atom stereocenters. The molecule has 2 aromatic heterocycles. The summed E-state index contributed by atoms with van der Waals surface area (Å²) >= 11 is 1.56. The summed E-state index contributed by atoms with van der Waals surface area (Å²) in [4.78, 5) is 6.04. The first kappa shape index (κ1) is 24.0. The van der Waals surface area contributed by atoms with Crippen LogP contribution in [0.5, 0.6) is 0 Å². The highest BCUT2D eigenvalue weighted by molar-refractivity contribution is 7.89. The fraction of sp³-hybridized carbons (Fsp3) is 0.346. The Morgan fingerprint density at radius 3 is 2.43 bits per heavy atom. The number of hydrogen-bond donors (Lipinski definition) is 0. The van der Waals surface area contributed by atoms with E-state index in [0.29, 0.717) is 32.0 Å². The number of fused-ring (bicyclic) bond motifs is 1. The second kappa shape index (κ2) is 10.1. The number of thiazole rings is 1. The number of aromatic nitrogens is 1. The van der Waals surface area contributed by atoms with Crippen molar-refractivity contribution >= 4 is 38.0 Å². The van der Waals surface area contributed by atoms with Gasteiger partial charge < -0.3 is 13.7 Å². The van der Waals surface area contributed by atoms with Crippen molar-refractivity contribution < 1.29 is 17.6 Å². The lowest BCUT2D eigenvalue weighted by Gasteiger charge is -2.26. The SMILES string of the molecule is CCC(CC)n1c(-c2cc3ccccc3o2)csc1=Nc1ccc(S(=O)(=O)N2CCOCC2)cc1. The molecule has 1 aliphatic heterocycles. The van der Waals surface area contributed by atoms with Crippen molar-refractivity contribution in [2.75, 3.05) is 26.3 Å². The van der Waals surface area contributed by atoms with Crippen molar-refractivity contribution in [3.05, 3.63) is 64.8 Å². The Balaban J connectivity index is 1.53. The molecule has 2 aromatic carbocycles. The molecule has 0 radical (unpaired) electrons. The zero-order chi connectivity index (χ0) is 24.4. The molecule has 1 fully saturated rings. The molecule has 0 spiro atoms. The zero-order valence-corrected chi connectivity index (χ0v) is 21.5. The first-order valence-corrected chi connectivity index (χ1v) is 14.2. The van der Waals surface area contributed by atoms with Crippen molar-refractivity contribution in [1.82, 2.24) is 8.87 Å². The quantitative estimate of drug-likeness (QED) is 0.325. The summed E-state index contributed by atoms with van der Waals surface area (Å²) in [5.41, 5.74) is 2.58. The van der Waals surface area contributed by atoms with Gasteiger partial charge in [0.05, 0.1) is 29.5 Å². The maximum absolute atomic E-state index is 12.9. The minimum Gasteiger partial charge on any atom is -0.454 e. The number of nitrogens with zero attached hydrogens (tertiary/aromatic N) is 3. The van der Waals surface area contributed by atoms with Gasteiger partial charge in [-0.15, -0.1) is 11.3 Å². The molecular weight excluding hydrogens is 482 g/mol. The van der Waals surface area contributed by atoms with E-state index >= 15 is 0 Å². The summed E-state index contributed by atoms with van der Waals surface area (Å²) < 4.78 is 41.1. The molecule has 1 aliphatic rings. The van der Waals surface area contributed by atoms with Gasteiger partial charge in [-0.25, -0.2) is 13.4 Å². The van der Waals surface area contributed by atoms with Crippen LogP contribution in [0.15, 0.2) is 74.3 Å². The second-order valence-electron chi connectivity index (χ2n) is 8.51. The number of benzene rings is 2. The number of furan rings is 1. The first-order valence-electron chi connectivity index (χ1n) is 11.9. The van der Waals surface area contributed by atoms with E-state index < -0.39 is 10.0 Å². The van der Waals surface area contributed by atoms with E-state index in [4.69, 9.17) is 14.1 Å². The Kier molecular flexibility index (Phi) is 6.93. The van der Waals surface area contributed by atoms with E-state index in [0.717, 1.165) is 40.1 Å². The average molecular weight is 512 g/mol. The highest BCUT2D eigenvalue weighted by Crippen LogP contribution is 2.31. The van der Waals surface area contributed by atoms with Crippen LogP contribution in [-0.4, -0.2) is 43.6 Å². The highest BCUT2D eigenvalue weighted by Gasteiger charge is 2.26. The number of para-hydroxylation sites is 1. The molecule has 0 unspecified atom stereocenters. The molecule has 0 saturated carbocycles. The Labute approximate surface area is 209 Å². The van der Waals surface area contributed by atoms with Gasteiger partial charge in [-0.2, -0.15) is 4.31 Å². The van der Waals surface area contributed by atoms with Gasteiger partial charge in [-0.3, -0.25) is 0 Å². The lowest BCUT2D eigenvalue weighted by Crippen LogP contribution is -2.40. The van der Waals surface area contributed by atoms with Gasteiger partial charge in [0.25, 0.3) is 0 Å². The summed E-state index contributed by atoms with van der Waals surface area (Å²) in [5.74, 6) is 0.822. The summed E-state index contributed by atoms with van der Waals surface area (Å²) in [6.45, 7) is 5.96. The largest absolute Gasteiger partial charge is 0.454 e. The van der Waals surface area contributed by atoms with E-state index in [1.807, 2.05) is 24.3 Å². The van der Waals surface area contributed by atoms with Crippen LogP contribution in [-0.2, 0) is 14.8 Å². The van der Waals surface area contributed by atoms with Crippen LogP contribution in [0.1, 0.15) is 32.7 Å². The monoisotopic (exact) mass is 511 g/mol. The van der Waals surface area contributed by atoms with Gasteiger partial charge >= 0.3 is 0 Å². The Morgan fingerprint density at radius 2 is 1.74 bits per heavy atom. The molecule has 0 bridgehead atoms. The predicted octanol–water partition coefficient (Wildman–Crippen LogP) is 5.58. The number of morpholine rings is 1. The van der Waals surface area contributed by atoms with Crippen LogP contribution in [0.2, 0.25) is 0 Å². The number of hydrogen-bond acceptors (Lipinski definition) is 6. The molecule has 0 aliphatic carbocycles. The van der Waals surface area contributed by atoms with Crippen LogP contribution < -0.4 is 4.80 Å².